The predicted molar refractivity (Wildman–Crippen MR) is 96.2 cm³/mol. The van der Waals surface area contributed by atoms with Gasteiger partial charge in [-0.2, -0.15) is 0 Å². The van der Waals surface area contributed by atoms with E-state index in [4.69, 9.17) is 4.74 Å². The summed E-state index contributed by atoms with van der Waals surface area (Å²) in [6.45, 7) is 13.0. The van der Waals surface area contributed by atoms with Gasteiger partial charge in [-0.1, -0.05) is 38.5 Å². The van der Waals surface area contributed by atoms with Crippen molar-refractivity contribution in [3.63, 3.8) is 0 Å². The predicted octanol–water partition coefficient (Wildman–Crippen LogP) is 3.77. The van der Waals surface area contributed by atoms with Crippen molar-refractivity contribution in [2.75, 3.05) is 19.7 Å². The molecular formula is C20H31NO3. The summed E-state index contributed by atoms with van der Waals surface area (Å²) < 4.78 is 5.17. The first-order valence-electron chi connectivity index (χ1n) is 8.94. The van der Waals surface area contributed by atoms with Crippen molar-refractivity contribution in [2.45, 2.75) is 59.4 Å². The summed E-state index contributed by atoms with van der Waals surface area (Å²) in [4.78, 5) is 14.3. The number of nitrogens with zero attached hydrogens (tertiary/aromatic N) is 1. The molecule has 0 aromatic heterocycles. The van der Waals surface area contributed by atoms with Gasteiger partial charge in [-0.25, -0.2) is 0 Å². The van der Waals surface area contributed by atoms with Crippen LogP contribution < -0.4 is 0 Å². The third-order valence-corrected chi connectivity index (χ3v) is 4.66. The number of esters is 1. The Morgan fingerprint density at radius 1 is 1.38 bits per heavy atom. The van der Waals surface area contributed by atoms with E-state index in [-0.39, 0.29) is 17.3 Å². The molecule has 0 saturated carbocycles. The minimum absolute atomic E-state index is 0.0484. The van der Waals surface area contributed by atoms with Gasteiger partial charge < -0.3 is 9.84 Å². The molecule has 0 aliphatic carbocycles. The molecule has 134 valence electrons. The fourth-order valence-corrected chi connectivity index (χ4v) is 3.44. The van der Waals surface area contributed by atoms with Crippen LogP contribution in [0.2, 0.25) is 0 Å². The number of phenolic OH excluding ortho intramolecular Hbond substituents is 1. The Morgan fingerprint density at radius 3 is 2.71 bits per heavy atom. The van der Waals surface area contributed by atoms with Gasteiger partial charge in [0.05, 0.1) is 12.5 Å². The number of hydrogen-bond donors (Lipinski definition) is 1. The monoisotopic (exact) mass is 333 g/mol. The first-order valence-corrected chi connectivity index (χ1v) is 8.94. The molecular weight excluding hydrogens is 302 g/mol. The third kappa shape index (κ3) is 4.50. The Kier molecular flexibility index (Phi) is 5.92. The van der Waals surface area contributed by atoms with Crippen molar-refractivity contribution < 1.29 is 14.6 Å². The molecule has 1 aliphatic rings. The van der Waals surface area contributed by atoms with Gasteiger partial charge in [0.2, 0.25) is 0 Å². The highest BCUT2D eigenvalue weighted by molar-refractivity contribution is 5.72. The normalized spacial score (nSPS) is 19.3. The van der Waals surface area contributed by atoms with Crippen LogP contribution in [0.3, 0.4) is 0 Å². The number of carbonyl (C=O) groups excluding carboxylic acids is 1. The second-order valence-electron chi connectivity index (χ2n) is 7.90. The smallest absolute Gasteiger partial charge is 0.310 e. The average molecular weight is 333 g/mol. The van der Waals surface area contributed by atoms with E-state index in [2.05, 4.69) is 44.7 Å². The maximum atomic E-state index is 12.0. The topological polar surface area (TPSA) is 49.8 Å². The number of benzene rings is 1. The molecule has 1 N–H and O–H groups in total. The van der Waals surface area contributed by atoms with Gasteiger partial charge in [0.1, 0.15) is 5.75 Å². The Morgan fingerprint density at radius 2 is 2.08 bits per heavy atom. The van der Waals surface area contributed by atoms with E-state index < -0.39 is 0 Å². The fraction of sp³-hybridized carbons (Fsp3) is 0.650. The number of likely N-dealkylation sites (tertiary alicyclic amines) is 1. The van der Waals surface area contributed by atoms with E-state index in [0.29, 0.717) is 25.4 Å². The second-order valence-corrected chi connectivity index (χ2v) is 7.90. The van der Waals surface area contributed by atoms with Crippen LogP contribution in [0.4, 0.5) is 0 Å². The fourth-order valence-electron chi connectivity index (χ4n) is 3.44. The third-order valence-electron chi connectivity index (χ3n) is 4.66. The lowest BCUT2D eigenvalue weighted by Gasteiger charge is -2.32. The molecule has 2 rings (SSSR count). The minimum atomic E-state index is -0.0970. The Labute approximate surface area is 145 Å². The van der Waals surface area contributed by atoms with E-state index in [9.17, 15) is 9.90 Å². The highest BCUT2D eigenvalue weighted by Crippen LogP contribution is 2.35. The largest absolute Gasteiger partial charge is 0.507 e. The number of aryl methyl sites for hydroxylation is 1. The molecule has 1 fully saturated rings. The zero-order valence-corrected chi connectivity index (χ0v) is 15.7. The van der Waals surface area contributed by atoms with E-state index in [0.717, 1.165) is 36.1 Å². The summed E-state index contributed by atoms with van der Waals surface area (Å²) in [6.07, 6.45) is 1.88. The lowest BCUT2D eigenvalue weighted by Crippen LogP contribution is -2.39. The maximum absolute atomic E-state index is 12.0. The molecule has 0 radical (unpaired) electrons. The lowest BCUT2D eigenvalue weighted by atomic mass is 9.84. The summed E-state index contributed by atoms with van der Waals surface area (Å²) in [5.41, 5.74) is 2.99. The number of ether oxygens (including phenoxy) is 1. The number of phenols is 1. The molecule has 1 atom stereocenters. The van der Waals surface area contributed by atoms with E-state index in [1.165, 1.54) is 0 Å². The quantitative estimate of drug-likeness (QED) is 0.852. The van der Waals surface area contributed by atoms with E-state index in [1.54, 1.807) is 0 Å². The van der Waals surface area contributed by atoms with Gasteiger partial charge >= 0.3 is 5.97 Å². The average Bonchev–Trinajstić information content (AvgIpc) is 2.50. The van der Waals surface area contributed by atoms with Crippen molar-refractivity contribution in [1.29, 1.82) is 0 Å². The van der Waals surface area contributed by atoms with Crippen molar-refractivity contribution in [1.82, 2.24) is 4.90 Å². The van der Waals surface area contributed by atoms with Crippen LogP contribution >= 0.6 is 0 Å². The SMILES string of the molecule is CCOC(=O)[C@@H]1CCCN(Cc2cc(C)cc(C(C)(C)C)c2O)C1. The van der Waals surface area contributed by atoms with Crippen LogP contribution in [-0.2, 0) is 21.5 Å². The minimum Gasteiger partial charge on any atom is -0.507 e. The van der Waals surface area contributed by atoms with Crippen LogP contribution in [0.5, 0.6) is 5.75 Å². The first-order chi connectivity index (χ1) is 11.2. The zero-order chi connectivity index (χ0) is 17.9. The van der Waals surface area contributed by atoms with Crippen LogP contribution in [0.15, 0.2) is 12.1 Å². The molecule has 4 heteroatoms. The van der Waals surface area contributed by atoms with Crippen LogP contribution in [-0.4, -0.2) is 35.7 Å². The van der Waals surface area contributed by atoms with Crippen LogP contribution in [0.25, 0.3) is 0 Å². The van der Waals surface area contributed by atoms with E-state index >= 15 is 0 Å². The van der Waals surface area contributed by atoms with Gasteiger partial charge in [0, 0.05) is 18.7 Å². The first kappa shape index (κ1) is 18.8. The highest BCUT2D eigenvalue weighted by atomic mass is 16.5. The van der Waals surface area contributed by atoms with Gasteiger partial charge in [0.25, 0.3) is 0 Å². The van der Waals surface area contributed by atoms with Gasteiger partial charge in [-0.05, 0) is 44.2 Å². The molecule has 1 aliphatic heterocycles. The number of piperidine rings is 1. The zero-order valence-electron chi connectivity index (χ0n) is 15.7. The summed E-state index contributed by atoms with van der Waals surface area (Å²) in [7, 11) is 0. The van der Waals surface area contributed by atoms with Gasteiger partial charge in [0.15, 0.2) is 0 Å². The molecule has 0 bridgehead atoms. The van der Waals surface area contributed by atoms with Crippen molar-refractivity contribution in [3.8, 4) is 5.75 Å². The number of carbonyl (C=O) groups is 1. The lowest BCUT2D eigenvalue weighted by molar-refractivity contribution is -0.150. The highest BCUT2D eigenvalue weighted by Gasteiger charge is 2.28. The van der Waals surface area contributed by atoms with Crippen molar-refractivity contribution in [2.24, 2.45) is 5.92 Å². The Hall–Kier alpha value is -1.55. The van der Waals surface area contributed by atoms with Gasteiger partial charge in [-0.15, -0.1) is 0 Å². The molecule has 1 saturated heterocycles. The summed E-state index contributed by atoms with van der Waals surface area (Å²) >= 11 is 0. The summed E-state index contributed by atoms with van der Waals surface area (Å²) in [5.74, 6) is 0.255. The molecule has 0 spiro atoms. The molecule has 4 nitrogen and oxygen atoms in total. The summed E-state index contributed by atoms with van der Waals surface area (Å²) in [6, 6.07) is 4.12. The Bertz CT molecular complexity index is 589. The van der Waals surface area contributed by atoms with E-state index in [1.807, 2.05) is 6.92 Å². The molecule has 1 heterocycles. The maximum Gasteiger partial charge on any atom is 0.310 e. The number of aromatic hydroxyl groups is 1. The van der Waals surface area contributed by atoms with Crippen LogP contribution in [0, 0.1) is 12.8 Å². The molecule has 0 amide bonds. The van der Waals surface area contributed by atoms with Crippen LogP contribution in [0.1, 0.15) is 57.2 Å². The molecule has 0 unspecified atom stereocenters. The molecule has 24 heavy (non-hydrogen) atoms. The standard InChI is InChI=1S/C20H31NO3/c1-6-24-19(23)15-8-7-9-21(12-15)13-16-10-14(2)11-17(18(16)22)20(3,4)5/h10-11,15,22H,6-9,12-13H2,1-5H3/t15-/m1/s1. The van der Waals surface area contributed by atoms with Crippen molar-refractivity contribution in [3.05, 3.63) is 28.8 Å². The number of hydrogen-bond acceptors (Lipinski definition) is 4. The van der Waals surface area contributed by atoms with Crippen molar-refractivity contribution >= 4 is 5.97 Å². The molecule has 1 aromatic rings. The summed E-state index contributed by atoms with van der Waals surface area (Å²) in [5, 5.41) is 10.7. The Balaban J connectivity index is 2.16. The molecule has 1 aromatic carbocycles. The number of rotatable bonds is 4. The second kappa shape index (κ2) is 7.56. The van der Waals surface area contributed by atoms with Gasteiger partial charge in [-0.3, -0.25) is 9.69 Å².